The van der Waals surface area contributed by atoms with E-state index in [9.17, 15) is 0 Å². The minimum atomic E-state index is -0.841. The molecule has 0 aromatic rings. The summed E-state index contributed by atoms with van der Waals surface area (Å²) in [5.41, 5.74) is 12.0. The van der Waals surface area contributed by atoms with Crippen molar-refractivity contribution in [3.05, 3.63) is 36.9 Å². The lowest BCUT2D eigenvalue weighted by atomic mass is 9.76. The van der Waals surface area contributed by atoms with Gasteiger partial charge in [0.25, 0.3) is 0 Å². The Bertz CT molecular complexity index is 551. The Morgan fingerprint density at radius 3 is 2.21 bits per heavy atom. The Morgan fingerprint density at radius 1 is 1.25 bits per heavy atom. The van der Waals surface area contributed by atoms with Gasteiger partial charge in [-0.05, 0) is 51.9 Å². The summed E-state index contributed by atoms with van der Waals surface area (Å²) in [6, 6.07) is -0.465. The lowest BCUT2D eigenvalue weighted by Crippen LogP contribution is -2.55. The van der Waals surface area contributed by atoms with Crippen LogP contribution in [0.3, 0.4) is 0 Å². The molecule has 0 amide bonds. The predicted molar refractivity (Wildman–Crippen MR) is 101 cm³/mol. The Hall–Kier alpha value is -1.21. The molecule has 24 heavy (non-hydrogen) atoms. The third-order valence-electron chi connectivity index (χ3n) is 5.30. The van der Waals surface area contributed by atoms with Gasteiger partial charge in [0, 0.05) is 6.21 Å². The van der Waals surface area contributed by atoms with E-state index in [1.165, 1.54) is 0 Å². The molecule has 0 radical (unpaired) electrons. The third-order valence-corrected chi connectivity index (χ3v) is 5.30. The number of hydrogen-bond acceptors (Lipinski definition) is 5. The van der Waals surface area contributed by atoms with Crippen LogP contribution in [0.1, 0.15) is 40.5 Å². The van der Waals surface area contributed by atoms with Gasteiger partial charge in [-0.3, -0.25) is 4.99 Å². The maximum Gasteiger partial charge on any atom is 0.494 e. The van der Waals surface area contributed by atoms with Gasteiger partial charge in [0.2, 0.25) is 0 Å². The molecule has 2 atom stereocenters. The smallest absolute Gasteiger partial charge is 0.399 e. The van der Waals surface area contributed by atoms with E-state index in [1.54, 1.807) is 18.4 Å². The normalized spacial score (nSPS) is 27.1. The van der Waals surface area contributed by atoms with Crippen LogP contribution in [0.2, 0.25) is 0 Å². The van der Waals surface area contributed by atoms with E-state index in [4.69, 9.17) is 20.8 Å². The molecule has 2 fully saturated rings. The summed E-state index contributed by atoms with van der Waals surface area (Å²) in [4.78, 5) is 4.46. The highest BCUT2D eigenvalue weighted by Gasteiger charge is 2.52. The number of nitrogens with zero attached hydrogens (tertiary/aromatic N) is 1. The van der Waals surface area contributed by atoms with Crippen molar-refractivity contribution in [1.29, 1.82) is 0 Å². The zero-order valence-electron chi connectivity index (χ0n) is 15.3. The fraction of sp³-hybridized carbons (Fsp3) is 0.611. The largest absolute Gasteiger partial charge is 0.494 e. The van der Waals surface area contributed by atoms with E-state index in [0.717, 1.165) is 18.3 Å². The van der Waals surface area contributed by atoms with E-state index < -0.39 is 30.0 Å². The monoisotopic (exact) mass is 331 g/mol. The van der Waals surface area contributed by atoms with Crippen LogP contribution in [0.5, 0.6) is 0 Å². The zero-order valence-corrected chi connectivity index (χ0v) is 15.3. The molecule has 1 aliphatic heterocycles. The van der Waals surface area contributed by atoms with Gasteiger partial charge in [-0.1, -0.05) is 31.4 Å². The van der Waals surface area contributed by atoms with Crippen molar-refractivity contribution in [2.45, 2.75) is 63.4 Å². The summed E-state index contributed by atoms with van der Waals surface area (Å²) in [6.07, 6.45) is 8.89. The molecule has 1 saturated carbocycles. The number of aliphatic imine (C=N–C) groups is 1. The molecule has 0 bridgehead atoms. The van der Waals surface area contributed by atoms with Crippen LogP contribution >= 0.6 is 0 Å². The molecule has 1 aliphatic carbocycles. The average Bonchev–Trinajstić information content (AvgIpc) is 3.30. The second kappa shape index (κ2) is 6.60. The van der Waals surface area contributed by atoms with Gasteiger partial charge in [0.1, 0.15) is 5.66 Å². The first-order chi connectivity index (χ1) is 11.1. The van der Waals surface area contributed by atoms with E-state index >= 15 is 0 Å². The van der Waals surface area contributed by atoms with Crippen molar-refractivity contribution >= 4 is 13.3 Å². The summed E-state index contributed by atoms with van der Waals surface area (Å²) in [6.45, 7) is 15.6. The molecule has 1 saturated heterocycles. The van der Waals surface area contributed by atoms with Crippen LogP contribution in [0.25, 0.3) is 0 Å². The molecule has 2 rings (SSSR count). The molecule has 1 heterocycles. The topological polar surface area (TPSA) is 82.9 Å². The Labute approximate surface area is 146 Å². The Balaban J connectivity index is 2.25. The van der Waals surface area contributed by atoms with Crippen LogP contribution in [0.4, 0.5) is 0 Å². The quantitative estimate of drug-likeness (QED) is 0.426. The van der Waals surface area contributed by atoms with Crippen LogP contribution < -0.4 is 11.5 Å². The first-order valence-electron chi connectivity index (χ1n) is 8.48. The minimum absolute atomic E-state index is 0.282. The number of hydrogen-bond donors (Lipinski definition) is 2. The molecule has 0 aromatic carbocycles. The highest BCUT2D eigenvalue weighted by molar-refractivity contribution is 6.55. The van der Waals surface area contributed by atoms with Gasteiger partial charge in [-0.15, -0.1) is 0 Å². The standard InChI is InChI=1S/C18H30BN3O2/c1-7-11-22-18(21,13-9-10-13)15(20)12-14(8-2)19-23-16(3,4)17(5,6)24-19/h7-8,11-13,15H,1-2,9-10,20-21H2,3-6H3/b14-12+,22-11-. The Morgan fingerprint density at radius 2 is 1.79 bits per heavy atom. The summed E-state index contributed by atoms with van der Waals surface area (Å²) < 4.78 is 12.2. The van der Waals surface area contributed by atoms with Gasteiger partial charge in [0.05, 0.1) is 17.2 Å². The van der Waals surface area contributed by atoms with Crippen molar-refractivity contribution in [3.8, 4) is 0 Å². The molecule has 5 nitrogen and oxygen atoms in total. The predicted octanol–water partition coefficient (Wildman–Crippen LogP) is 2.38. The molecule has 0 spiro atoms. The molecule has 2 aliphatic rings. The number of rotatable bonds is 7. The van der Waals surface area contributed by atoms with Crippen molar-refractivity contribution < 1.29 is 9.31 Å². The number of nitrogens with two attached hydrogens (primary N) is 2. The SMILES string of the molecule is C=C/C=N\C(N)(C(N)/C=C(\C=C)B1OC(C)(C)C(C)(C)O1)C1CC1. The maximum absolute atomic E-state index is 6.51. The van der Waals surface area contributed by atoms with Crippen LogP contribution in [-0.4, -0.2) is 36.2 Å². The molecule has 2 unspecified atom stereocenters. The van der Waals surface area contributed by atoms with Gasteiger partial charge < -0.3 is 20.8 Å². The van der Waals surface area contributed by atoms with Crippen molar-refractivity contribution in [1.82, 2.24) is 0 Å². The van der Waals surface area contributed by atoms with Crippen LogP contribution in [0, 0.1) is 5.92 Å². The lowest BCUT2D eigenvalue weighted by molar-refractivity contribution is 0.00578. The first-order valence-corrected chi connectivity index (χ1v) is 8.48. The highest BCUT2D eigenvalue weighted by atomic mass is 16.7. The molecular weight excluding hydrogens is 301 g/mol. The fourth-order valence-corrected chi connectivity index (χ4v) is 2.75. The summed E-state index contributed by atoms with van der Waals surface area (Å²) in [7, 11) is -0.509. The zero-order chi connectivity index (χ0) is 18.2. The van der Waals surface area contributed by atoms with E-state index in [1.807, 2.05) is 33.8 Å². The summed E-state index contributed by atoms with van der Waals surface area (Å²) >= 11 is 0. The van der Waals surface area contributed by atoms with E-state index in [2.05, 4.69) is 18.2 Å². The molecule has 6 heteroatoms. The summed E-state index contributed by atoms with van der Waals surface area (Å²) in [5, 5.41) is 0. The molecule has 4 N–H and O–H groups in total. The van der Waals surface area contributed by atoms with Crippen molar-refractivity contribution in [3.63, 3.8) is 0 Å². The molecule has 0 aromatic heterocycles. The van der Waals surface area contributed by atoms with E-state index in [0.29, 0.717) is 0 Å². The summed E-state index contributed by atoms with van der Waals surface area (Å²) in [5.74, 6) is 0.282. The van der Waals surface area contributed by atoms with Gasteiger partial charge in [-0.2, -0.15) is 0 Å². The van der Waals surface area contributed by atoms with Crippen LogP contribution in [-0.2, 0) is 9.31 Å². The van der Waals surface area contributed by atoms with Crippen LogP contribution in [0.15, 0.2) is 41.9 Å². The average molecular weight is 331 g/mol. The molecular formula is C18H30BN3O2. The van der Waals surface area contributed by atoms with Gasteiger partial charge in [0.15, 0.2) is 0 Å². The second-order valence-electron chi connectivity index (χ2n) is 7.66. The lowest BCUT2D eigenvalue weighted by Gasteiger charge is -2.32. The van der Waals surface area contributed by atoms with Crippen molar-refractivity contribution in [2.24, 2.45) is 22.4 Å². The van der Waals surface area contributed by atoms with Gasteiger partial charge in [-0.25, -0.2) is 0 Å². The van der Waals surface area contributed by atoms with Gasteiger partial charge >= 0.3 is 7.12 Å². The molecule has 132 valence electrons. The third kappa shape index (κ3) is 3.57. The minimum Gasteiger partial charge on any atom is -0.399 e. The van der Waals surface area contributed by atoms with E-state index in [-0.39, 0.29) is 5.92 Å². The number of allylic oxidation sites excluding steroid dienone is 3. The maximum atomic E-state index is 6.51. The first kappa shape index (κ1) is 19.1. The Kier molecular flexibility index (Phi) is 5.26. The van der Waals surface area contributed by atoms with Crippen molar-refractivity contribution in [2.75, 3.05) is 0 Å². The fourth-order valence-electron chi connectivity index (χ4n) is 2.75. The highest BCUT2D eigenvalue weighted by Crippen LogP contribution is 2.42. The second-order valence-corrected chi connectivity index (χ2v) is 7.66.